The van der Waals surface area contributed by atoms with E-state index in [-0.39, 0.29) is 29.7 Å². The van der Waals surface area contributed by atoms with Gasteiger partial charge in [-0.1, -0.05) is 17.7 Å². The second-order valence-corrected chi connectivity index (χ2v) is 8.76. The highest BCUT2D eigenvalue weighted by atomic mass is 32.2. The fraction of sp³-hybridized carbons (Fsp3) is 0.261. The number of carbonyl (C=O) groups is 2. The summed E-state index contributed by atoms with van der Waals surface area (Å²) in [4.78, 5) is 24.8. The molecule has 168 valence electrons. The number of benzene rings is 2. The summed E-state index contributed by atoms with van der Waals surface area (Å²) in [5.74, 6) is -1.13. The van der Waals surface area contributed by atoms with Crippen molar-refractivity contribution in [1.82, 2.24) is 9.78 Å². The maximum atomic E-state index is 14.0. The molecule has 3 rings (SSSR count). The average Bonchev–Trinajstić information content (AvgIpc) is 3.09. The normalized spacial score (nSPS) is 11.8. The topological polar surface area (TPSA) is 76.0 Å². The Labute approximate surface area is 189 Å². The van der Waals surface area contributed by atoms with E-state index < -0.39 is 16.9 Å². The fourth-order valence-corrected chi connectivity index (χ4v) is 3.60. The first-order valence-electron chi connectivity index (χ1n) is 9.98. The first kappa shape index (κ1) is 23.5. The Morgan fingerprint density at radius 1 is 1.09 bits per heavy atom. The number of halogens is 2. The van der Waals surface area contributed by atoms with Crippen LogP contribution in [-0.4, -0.2) is 32.6 Å². The van der Waals surface area contributed by atoms with Gasteiger partial charge < -0.3 is 10.6 Å². The van der Waals surface area contributed by atoms with Crippen LogP contribution < -0.4 is 10.6 Å². The summed E-state index contributed by atoms with van der Waals surface area (Å²) in [7, 11) is 0. The van der Waals surface area contributed by atoms with Gasteiger partial charge in [0.2, 0.25) is 11.8 Å². The number of rotatable bonds is 8. The lowest BCUT2D eigenvalue weighted by atomic mass is 10.2. The van der Waals surface area contributed by atoms with Crippen molar-refractivity contribution >= 4 is 35.1 Å². The highest BCUT2D eigenvalue weighted by Gasteiger charge is 2.19. The van der Waals surface area contributed by atoms with Gasteiger partial charge in [-0.05, 0) is 51.1 Å². The third kappa shape index (κ3) is 6.16. The fourth-order valence-electron chi connectivity index (χ4n) is 2.92. The molecule has 0 radical (unpaired) electrons. The van der Waals surface area contributed by atoms with Crippen molar-refractivity contribution in [3.8, 4) is 0 Å². The van der Waals surface area contributed by atoms with Gasteiger partial charge in [-0.25, -0.2) is 13.5 Å². The molecule has 0 bridgehead atoms. The molecule has 2 N–H and O–H groups in total. The first-order chi connectivity index (χ1) is 15.2. The Morgan fingerprint density at radius 2 is 1.81 bits per heavy atom. The van der Waals surface area contributed by atoms with E-state index in [2.05, 4.69) is 15.7 Å². The zero-order valence-electron chi connectivity index (χ0n) is 18.0. The number of nitrogens with zero attached hydrogens (tertiary/aromatic N) is 2. The molecule has 6 nitrogen and oxygen atoms in total. The molecule has 0 spiro atoms. The minimum Gasteiger partial charge on any atom is -0.325 e. The van der Waals surface area contributed by atoms with E-state index in [1.807, 2.05) is 31.2 Å². The number of anilines is 2. The van der Waals surface area contributed by atoms with Gasteiger partial charge in [-0.3, -0.25) is 9.59 Å². The maximum absolute atomic E-state index is 14.0. The Hall–Kier alpha value is -3.20. The van der Waals surface area contributed by atoms with Crippen molar-refractivity contribution in [2.24, 2.45) is 0 Å². The highest BCUT2D eigenvalue weighted by Crippen LogP contribution is 2.20. The number of nitrogens with one attached hydrogen (secondary N) is 2. The predicted octanol–water partition coefficient (Wildman–Crippen LogP) is 4.53. The summed E-state index contributed by atoms with van der Waals surface area (Å²) in [5.41, 5.74) is 2.60. The molecule has 1 heterocycles. The van der Waals surface area contributed by atoms with Crippen molar-refractivity contribution in [1.29, 1.82) is 0 Å². The molecule has 2 aromatic carbocycles. The number of amides is 2. The molecule has 32 heavy (non-hydrogen) atoms. The van der Waals surface area contributed by atoms with Crippen LogP contribution >= 0.6 is 11.8 Å². The minimum absolute atomic E-state index is 0.0342. The number of thioether (sulfide) groups is 1. The van der Waals surface area contributed by atoms with Gasteiger partial charge in [-0.2, -0.15) is 5.10 Å². The van der Waals surface area contributed by atoms with Gasteiger partial charge in [0.15, 0.2) is 0 Å². The van der Waals surface area contributed by atoms with E-state index in [0.29, 0.717) is 17.1 Å². The lowest BCUT2D eigenvalue weighted by molar-refractivity contribution is -0.115. The molecular weight excluding hydrogens is 434 g/mol. The van der Waals surface area contributed by atoms with Crippen molar-refractivity contribution in [3.05, 3.63) is 77.0 Å². The molecule has 3 aromatic rings. The first-order valence-corrected chi connectivity index (χ1v) is 11.0. The summed E-state index contributed by atoms with van der Waals surface area (Å²) >= 11 is 1.19. The van der Waals surface area contributed by atoms with Crippen LogP contribution in [0.1, 0.15) is 23.6 Å². The van der Waals surface area contributed by atoms with Crippen molar-refractivity contribution in [3.63, 3.8) is 0 Å². The van der Waals surface area contributed by atoms with Gasteiger partial charge in [0, 0.05) is 16.8 Å². The minimum atomic E-state index is -0.555. The predicted molar refractivity (Wildman–Crippen MR) is 123 cm³/mol. The van der Waals surface area contributed by atoms with Crippen molar-refractivity contribution in [2.45, 2.75) is 32.6 Å². The van der Waals surface area contributed by atoms with Crippen LogP contribution in [0.25, 0.3) is 0 Å². The summed E-state index contributed by atoms with van der Waals surface area (Å²) in [5, 5.41) is 9.22. The zero-order chi connectivity index (χ0) is 23.3. The largest absolute Gasteiger partial charge is 0.325 e. The lowest BCUT2D eigenvalue weighted by Crippen LogP contribution is -2.26. The van der Waals surface area contributed by atoms with Crippen molar-refractivity contribution in [2.75, 3.05) is 16.4 Å². The molecule has 0 saturated heterocycles. The Kier molecular flexibility index (Phi) is 7.63. The van der Waals surface area contributed by atoms with Gasteiger partial charge in [0.1, 0.15) is 17.5 Å². The molecule has 1 unspecified atom stereocenters. The zero-order valence-corrected chi connectivity index (χ0v) is 18.8. The Morgan fingerprint density at radius 3 is 2.53 bits per heavy atom. The van der Waals surface area contributed by atoms with E-state index in [4.69, 9.17) is 0 Å². The van der Waals surface area contributed by atoms with Crippen LogP contribution in [0.15, 0.2) is 48.7 Å². The van der Waals surface area contributed by atoms with E-state index in [1.165, 1.54) is 16.4 Å². The second-order valence-electron chi connectivity index (χ2n) is 7.43. The summed E-state index contributed by atoms with van der Waals surface area (Å²) in [6.45, 7) is 5.38. The highest BCUT2D eigenvalue weighted by molar-refractivity contribution is 8.01. The number of carbonyl (C=O) groups excluding carboxylic acids is 2. The standard InChI is InChI=1S/C23H24F2N4O2S/c1-14-4-7-19(8-5-14)27-21(30)13-32-16(3)23(31)28-22-15(2)11-26-29(22)12-17-10-18(24)6-9-20(17)25/h4-11,16H,12-13H2,1-3H3,(H,27,30)(H,28,31). The van der Waals surface area contributed by atoms with Crippen LogP contribution in [0.4, 0.5) is 20.3 Å². The van der Waals surface area contributed by atoms with Crippen LogP contribution in [0.5, 0.6) is 0 Å². The Bertz CT molecular complexity index is 1120. The Balaban J connectivity index is 1.58. The van der Waals surface area contributed by atoms with E-state index in [0.717, 1.165) is 23.8 Å². The summed E-state index contributed by atoms with van der Waals surface area (Å²) in [6, 6.07) is 10.6. The lowest BCUT2D eigenvalue weighted by Gasteiger charge is -2.14. The number of aryl methyl sites for hydroxylation is 2. The third-order valence-corrected chi connectivity index (χ3v) is 5.90. The molecule has 9 heteroatoms. The van der Waals surface area contributed by atoms with Crippen LogP contribution in [0, 0.1) is 25.5 Å². The smallest absolute Gasteiger partial charge is 0.238 e. The van der Waals surface area contributed by atoms with E-state index >= 15 is 0 Å². The van der Waals surface area contributed by atoms with Crippen LogP contribution in [-0.2, 0) is 16.1 Å². The van der Waals surface area contributed by atoms with Crippen LogP contribution in [0.2, 0.25) is 0 Å². The van der Waals surface area contributed by atoms with Crippen LogP contribution in [0.3, 0.4) is 0 Å². The molecule has 0 saturated carbocycles. The summed E-state index contributed by atoms with van der Waals surface area (Å²) < 4.78 is 28.9. The second kappa shape index (κ2) is 10.4. The molecule has 0 fully saturated rings. The monoisotopic (exact) mass is 458 g/mol. The molecule has 0 aliphatic rings. The van der Waals surface area contributed by atoms with Gasteiger partial charge >= 0.3 is 0 Å². The molecular formula is C23H24F2N4O2S. The van der Waals surface area contributed by atoms with Crippen molar-refractivity contribution < 1.29 is 18.4 Å². The molecule has 0 aliphatic carbocycles. The maximum Gasteiger partial charge on any atom is 0.238 e. The number of hydrogen-bond donors (Lipinski definition) is 2. The molecule has 2 amide bonds. The summed E-state index contributed by atoms with van der Waals surface area (Å²) in [6.07, 6.45) is 1.54. The number of aromatic nitrogens is 2. The van der Waals surface area contributed by atoms with Gasteiger partial charge in [0.25, 0.3) is 0 Å². The number of hydrogen-bond acceptors (Lipinski definition) is 4. The SMILES string of the molecule is Cc1ccc(NC(=O)CSC(C)C(=O)Nc2c(C)cnn2Cc2cc(F)ccc2F)cc1. The molecule has 1 atom stereocenters. The molecule has 0 aliphatic heterocycles. The van der Waals surface area contributed by atoms with Gasteiger partial charge in [0.05, 0.1) is 23.7 Å². The quantitative estimate of drug-likeness (QED) is 0.520. The van der Waals surface area contributed by atoms with E-state index in [9.17, 15) is 18.4 Å². The van der Waals surface area contributed by atoms with E-state index in [1.54, 1.807) is 20.0 Å². The third-order valence-electron chi connectivity index (χ3n) is 4.76. The van der Waals surface area contributed by atoms with Gasteiger partial charge in [-0.15, -0.1) is 11.8 Å². The molecule has 1 aromatic heterocycles. The average molecular weight is 459 g/mol.